The summed E-state index contributed by atoms with van der Waals surface area (Å²) in [5, 5.41) is 6.46. The summed E-state index contributed by atoms with van der Waals surface area (Å²) in [6.07, 6.45) is 0. The Morgan fingerprint density at radius 1 is 1.30 bits per heavy atom. The highest BCUT2D eigenvalue weighted by Crippen LogP contribution is 2.07. The van der Waals surface area contributed by atoms with Crippen LogP contribution in [0.3, 0.4) is 0 Å². The van der Waals surface area contributed by atoms with E-state index < -0.39 is 0 Å². The molecule has 0 spiro atoms. The van der Waals surface area contributed by atoms with Crippen molar-refractivity contribution in [3.05, 3.63) is 35.6 Å². The Kier molecular flexibility index (Phi) is 5.95. The molecule has 1 aromatic carbocycles. The van der Waals surface area contributed by atoms with E-state index in [1.165, 1.54) is 12.1 Å². The normalized spacial score (nSPS) is 12.7. The van der Waals surface area contributed by atoms with E-state index in [9.17, 15) is 4.39 Å². The number of benzene rings is 1. The van der Waals surface area contributed by atoms with E-state index in [1.807, 2.05) is 20.2 Å². The van der Waals surface area contributed by atoms with Gasteiger partial charge in [-0.3, -0.25) is 4.99 Å². The summed E-state index contributed by atoms with van der Waals surface area (Å²) < 4.78 is 13.1. The van der Waals surface area contributed by atoms with Crippen molar-refractivity contribution in [2.45, 2.75) is 25.9 Å². The Morgan fingerprint density at radius 3 is 2.55 bits per heavy atom. The van der Waals surface area contributed by atoms with Crippen molar-refractivity contribution >= 4 is 5.96 Å². The van der Waals surface area contributed by atoms with Gasteiger partial charge in [-0.2, -0.15) is 0 Å². The summed E-state index contributed by atoms with van der Waals surface area (Å²) in [6.45, 7) is 5.61. The van der Waals surface area contributed by atoms with Crippen LogP contribution in [0.1, 0.15) is 19.4 Å². The molecule has 0 heterocycles. The maximum absolute atomic E-state index is 13.1. The van der Waals surface area contributed by atoms with Gasteiger partial charge in [0.25, 0.3) is 0 Å². The van der Waals surface area contributed by atoms with Gasteiger partial charge >= 0.3 is 0 Å². The van der Waals surface area contributed by atoms with E-state index in [1.54, 1.807) is 13.1 Å². The largest absolute Gasteiger partial charge is 0.355 e. The number of rotatable bonds is 5. The van der Waals surface area contributed by atoms with Crippen LogP contribution in [0.15, 0.2) is 29.3 Å². The zero-order chi connectivity index (χ0) is 15.2. The number of likely N-dealkylation sites (N-methyl/N-ethyl adjacent to an activating group) is 1. The molecule has 5 heteroatoms. The summed E-state index contributed by atoms with van der Waals surface area (Å²) in [7, 11) is 5.82. The molecule has 0 bridgehead atoms. The third-order valence-corrected chi connectivity index (χ3v) is 3.47. The van der Waals surface area contributed by atoms with Crippen molar-refractivity contribution in [2.24, 2.45) is 4.99 Å². The van der Waals surface area contributed by atoms with E-state index in [0.717, 1.165) is 12.1 Å². The molecule has 0 unspecified atom stereocenters. The van der Waals surface area contributed by atoms with Crippen molar-refractivity contribution in [1.82, 2.24) is 15.5 Å². The molecule has 0 aliphatic carbocycles. The van der Waals surface area contributed by atoms with Crippen molar-refractivity contribution < 1.29 is 4.39 Å². The van der Waals surface area contributed by atoms with Crippen LogP contribution < -0.4 is 10.6 Å². The Balaban J connectivity index is 2.49. The van der Waals surface area contributed by atoms with Gasteiger partial charge in [0.15, 0.2) is 5.96 Å². The van der Waals surface area contributed by atoms with Gasteiger partial charge < -0.3 is 15.5 Å². The standard InChI is InChI=1S/C15H25FN4/c1-15(2,20(4)5)11-19-14(17-3)18-10-12-7-6-8-13(16)9-12/h6-9H,10-11H2,1-5H3,(H2,17,18,19). The van der Waals surface area contributed by atoms with Crippen LogP contribution in [0.4, 0.5) is 4.39 Å². The van der Waals surface area contributed by atoms with Gasteiger partial charge in [0, 0.05) is 25.7 Å². The minimum Gasteiger partial charge on any atom is -0.355 e. The molecule has 0 atom stereocenters. The van der Waals surface area contributed by atoms with E-state index in [-0.39, 0.29) is 11.4 Å². The maximum atomic E-state index is 13.1. The predicted octanol–water partition coefficient (Wildman–Crippen LogP) is 1.83. The highest BCUT2D eigenvalue weighted by Gasteiger charge is 2.20. The fraction of sp³-hybridized carbons (Fsp3) is 0.533. The van der Waals surface area contributed by atoms with E-state index in [0.29, 0.717) is 12.5 Å². The summed E-state index contributed by atoms with van der Waals surface area (Å²) >= 11 is 0. The van der Waals surface area contributed by atoms with Gasteiger partial charge in [-0.1, -0.05) is 12.1 Å². The van der Waals surface area contributed by atoms with E-state index in [2.05, 4.69) is 34.4 Å². The Morgan fingerprint density at radius 2 is 2.00 bits per heavy atom. The first-order valence-electron chi connectivity index (χ1n) is 6.71. The molecule has 0 fully saturated rings. The van der Waals surface area contributed by atoms with Crippen LogP contribution in [-0.4, -0.2) is 44.1 Å². The second-order valence-electron chi connectivity index (χ2n) is 5.62. The summed E-state index contributed by atoms with van der Waals surface area (Å²) in [5.41, 5.74) is 0.913. The fourth-order valence-electron chi connectivity index (χ4n) is 1.51. The number of aliphatic imine (C=N–C) groups is 1. The topological polar surface area (TPSA) is 39.7 Å². The molecule has 0 saturated carbocycles. The Hall–Kier alpha value is -1.62. The molecule has 20 heavy (non-hydrogen) atoms. The Labute approximate surface area is 121 Å². The van der Waals surface area contributed by atoms with Gasteiger partial charge in [0.2, 0.25) is 0 Å². The first-order chi connectivity index (χ1) is 9.35. The lowest BCUT2D eigenvalue weighted by Gasteiger charge is -2.33. The van der Waals surface area contributed by atoms with Gasteiger partial charge in [-0.15, -0.1) is 0 Å². The molecule has 0 aliphatic rings. The van der Waals surface area contributed by atoms with E-state index >= 15 is 0 Å². The smallest absolute Gasteiger partial charge is 0.191 e. The van der Waals surface area contributed by atoms with Crippen molar-refractivity contribution in [2.75, 3.05) is 27.7 Å². The monoisotopic (exact) mass is 280 g/mol. The minimum absolute atomic E-state index is 0.0243. The number of guanidine groups is 1. The zero-order valence-electron chi connectivity index (χ0n) is 13.0. The third kappa shape index (κ3) is 5.17. The number of hydrogen-bond donors (Lipinski definition) is 2. The third-order valence-electron chi connectivity index (χ3n) is 3.47. The lowest BCUT2D eigenvalue weighted by Crippen LogP contribution is -2.50. The fourth-order valence-corrected chi connectivity index (χ4v) is 1.51. The average molecular weight is 280 g/mol. The quantitative estimate of drug-likeness (QED) is 0.638. The lowest BCUT2D eigenvalue weighted by molar-refractivity contribution is 0.197. The molecule has 4 nitrogen and oxygen atoms in total. The highest BCUT2D eigenvalue weighted by molar-refractivity contribution is 5.79. The molecule has 0 radical (unpaired) electrons. The lowest BCUT2D eigenvalue weighted by atomic mass is 10.0. The predicted molar refractivity (Wildman–Crippen MR) is 82.4 cm³/mol. The molecular formula is C15H25FN4. The van der Waals surface area contributed by atoms with Gasteiger partial charge in [-0.25, -0.2) is 4.39 Å². The molecule has 0 saturated heterocycles. The molecule has 0 amide bonds. The van der Waals surface area contributed by atoms with Crippen LogP contribution >= 0.6 is 0 Å². The van der Waals surface area contributed by atoms with Crippen molar-refractivity contribution in [3.63, 3.8) is 0 Å². The van der Waals surface area contributed by atoms with Crippen molar-refractivity contribution in [3.8, 4) is 0 Å². The van der Waals surface area contributed by atoms with Crippen LogP contribution in [0, 0.1) is 5.82 Å². The zero-order valence-corrected chi connectivity index (χ0v) is 13.0. The number of halogens is 1. The molecule has 0 aromatic heterocycles. The van der Waals surface area contributed by atoms with Crippen LogP contribution in [-0.2, 0) is 6.54 Å². The molecular weight excluding hydrogens is 255 g/mol. The first-order valence-corrected chi connectivity index (χ1v) is 6.71. The Bertz CT molecular complexity index is 455. The SMILES string of the molecule is CN=C(NCc1cccc(F)c1)NCC(C)(C)N(C)C. The van der Waals surface area contributed by atoms with E-state index in [4.69, 9.17) is 0 Å². The summed E-state index contributed by atoms with van der Waals surface area (Å²) in [6, 6.07) is 6.55. The first kappa shape index (κ1) is 16.4. The van der Waals surface area contributed by atoms with Crippen LogP contribution in [0.5, 0.6) is 0 Å². The molecule has 0 aliphatic heterocycles. The summed E-state index contributed by atoms with van der Waals surface area (Å²) in [4.78, 5) is 6.32. The van der Waals surface area contributed by atoms with Crippen molar-refractivity contribution in [1.29, 1.82) is 0 Å². The van der Waals surface area contributed by atoms with Crippen LogP contribution in [0.2, 0.25) is 0 Å². The second kappa shape index (κ2) is 7.24. The number of hydrogen-bond acceptors (Lipinski definition) is 2. The number of nitrogens with zero attached hydrogens (tertiary/aromatic N) is 2. The average Bonchev–Trinajstić information content (AvgIpc) is 2.38. The minimum atomic E-state index is -0.221. The second-order valence-corrected chi connectivity index (χ2v) is 5.62. The number of nitrogens with one attached hydrogen (secondary N) is 2. The van der Waals surface area contributed by atoms with Gasteiger partial charge in [0.05, 0.1) is 0 Å². The highest BCUT2D eigenvalue weighted by atomic mass is 19.1. The van der Waals surface area contributed by atoms with Crippen LogP contribution in [0.25, 0.3) is 0 Å². The summed E-state index contributed by atoms with van der Waals surface area (Å²) in [5.74, 6) is 0.491. The molecule has 2 N–H and O–H groups in total. The molecule has 1 aromatic rings. The molecule has 112 valence electrons. The maximum Gasteiger partial charge on any atom is 0.191 e. The van der Waals surface area contributed by atoms with Gasteiger partial charge in [-0.05, 0) is 45.6 Å². The van der Waals surface area contributed by atoms with Gasteiger partial charge in [0.1, 0.15) is 5.82 Å². The molecule has 1 rings (SSSR count).